The Kier molecular flexibility index (Phi) is 7.37. The third-order valence-electron chi connectivity index (χ3n) is 4.30. The van der Waals surface area contributed by atoms with E-state index in [1.54, 1.807) is 0 Å². The molecular formula is C21H27N3O4. The maximum absolute atomic E-state index is 12.2. The molecule has 0 aliphatic carbocycles. The van der Waals surface area contributed by atoms with Crippen molar-refractivity contribution < 1.29 is 19.0 Å². The van der Waals surface area contributed by atoms with Gasteiger partial charge in [-0.15, -0.1) is 0 Å². The van der Waals surface area contributed by atoms with E-state index in [2.05, 4.69) is 15.5 Å². The third-order valence-corrected chi connectivity index (χ3v) is 4.30. The summed E-state index contributed by atoms with van der Waals surface area (Å²) in [4.78, 5) is 14.5. The number of urea groups is 1. The number of hydrogen-bond donors (Lipinski definition) is 2. The van der Waals surface area contributed by atoms with Crippen LogP contribution in [0.5, 0.6) is 11.5 Å². The fraction of sp³-hybridized carbons (Fsp3) is 0.381. The van der Waals surface area contributed by atoms with E-state index in [-0.39, 0.29) is 6.03 Å². The van der Waals surface area contributed by atoms with E-state index in [0.717, 1.165) is 36.0 Å². The number of anilines is 2. The van der Waals surface area contributed by atoms with E-state index >= 15 is 0 Å². The molecule has 0 atom stereocenters. The molecule has 2 N–H and O–H groups in total. The number of morpholine rings is 1. The van der Waals surface area contributed by atoms with Gasteiger partial charge in [0, 0.05) is 13.1 Å². The van der Waals surface area contributed by atoms with E-state index in [1.807, 2.05) is 55.5 Å². The second kappa shape index (κ2) is 10.4. The van der Waals surface area contributed by atoms with Crippen molar-refractivity contribution in [2.75, 3.05) is 56.3 Å². The maximum atomic E-state index is 12.2. The van der Waals surface area contributed by atoms with Gasteiger partial charge in [0.2, 0.25) is 0 Å². The van der Waals surface area contributed by atoms with Crippen LogP contribution in [0.25, 0.3) is 0 Å². The second-order valence-electron chi connectivity index (χ2n) is 6.25. The first-order valence-electron chi connectivity index (χ1n) is 9.58. The molecule has 7 nitrogen and oxygen atoms in total. The largest absolute Gasteiger partial charge is 0.494 e. The molecule has 3 rings (SSSR count). The van der Waals surface area contributed by atoms with Crippen LogP contribution < -0.4 is 25.0 Å². The van der Waals surface area contributed by atoms with Gasteiger partial charge in [-0.3, -0.25) is 0 Å². The zero-order valence-electron chi connectivity index (χ0n) is 16.1. The van der Waals surface area contributed by atoms with Gasteiger partial charge in [-0.2, -0.15) is 0 Å². The summed E-state index contributed by atoms with van der Waals surface area (Å²) < 4.78 is 16.4. The Morgan fingerprint density at radius 1 is 1.04 bits per heavy atom. The van der Waals surface area contributed by atoms with Crippen molar-refractivity contribution in [3.63, 3.8) is 0 Å². The van der Waals surface area contributed by atoms with Crippen LogP contribution in [0.2, 0.25) is 0 Å². The van der Waals surface area contributed by atoms with Crippen LogP contribution >= 0.6 is 0 Å². The first-order chi connectivity index (χ1) is 13.8. The minimum absolute atomic E-state index is 0.254. The lowest BCUT2D eigenvalue weighted by Crippen LogP contribution is -2.37. The van der Waals surface area contributed by atoms with Gasteiger partial charge in [0.1, 0.15) is 18.1 Å². The molecule has 0 saturated carbocycles. The van der Waals surface area contributed by atoms with Gasteiger partial charge in [0.25, 0.3) is 0 Å². The molecule has 1 aliphatic rings. The van der Waals surface area contributed by atoms with Gasteiger partial charge in [-0.25, -0.2) is 4.79 Å². The van der Waals surface area contributed by atoms with Gasteiger partial charge in [-0.05, 0) is 43.3 Å². The molecule has 1 saturated heterocycles. The SMILES string of the molecule is CCOc1ccc(OCCNC(=O)Nc2ccccc2N2CCOCC2)cc1. The van der Waals surface area contributed by atoms with Gasteiger partial charge < -0.3 is 29.7 Å². The smallest absolute Gasteiger partial charge is 0.319 e. The van der Waals surface area contributed by atoms with Crippen molar-refractivity contribution in [2.24, 2.45) is 0 Å². The van der Waals surface area contributed by atoms with E-state index in [9.17, 15) is 4.79 Å². The van der Waals surface area contributed by atoms with Crippen LogP contribution in [0.1, 0.15) is 6.92 Å². The number of benzene rings is 2. The standard InChI is InChI=1S/C21H27N3O4/c1-2-27-17-7-9-18(10-8-17)28-14-11-22-21(25)23-19-5-3-4-6-20(19)24-12-15-26-16-13-24/h3-10H,2,11-16H2,1H3,(H2,22,23,25). The molecule has 0 unspecified atom stereocenters. The molecule has 0 bridgehead atoms. The van der Waals surface area contributed by atoms with E-state index < -0.39 is 0 Å². The highest BCUT2D eigenvalue weighted by atomic mass is 16.5. The lowest BCUT2D eigenvalue weighted by molar-refractivity contribution is 0.123. The number of amides is 2. The lowest BCUT2D eigenvalue weighted by atomic mass is 10.2. The number of carbonyl (C=O) groups is 1. The van der Waals surface area contributed by atoms with Crippen molar-refractivity contribution in [2.45, 2.75) is 6.92 Å². The summed E-state index contributed by atoms with van der Waals surface area (Å²) in [6.45, 7) is 6.39. The summed E-state index contributed by atoms with van der Waals surface area (Å²) >= 11 is 0. The highest BCUT2D eigenvalue weighted by molar-refractivity contribution is 5.93. The zero-order chi connectivity index (χ0) is 19.6. The Balaban J connectivity index is 1.43. The fourth-order valence-electron chi connectivity index (χ4n) is 2.96. The van der Waals surface area contributed by atoms with Crippen LogP contribution in [-0.2, 0) is 4.74 Å². The summed E-state index contributed by atoms with van der Waals surface area (Å²) in [5.41, 5.74) is 1.79. The highest BCUT2D eigenvalue weighted by Gasteiger charge is 2.15. The molecule has 2 amide bonds. The first kappa shape index (κ1) is 19.8. The molecule has 2 aromatic rings. The summed E-state index contributed by atoms with van der Waals surface area (Å²) in [5.74, 6) is 1.55. The van der Waals surface area contributed by atoms with Crippen molar-refractivity contribution in [1.82, 2.24) is 5.32 Å². The van der Waals surface area contributed by atoms with Crippen LogP contribution in [0.4, 0.5) is 16.2 Å². The Labute approximate surface area is 165 Å². The molecule has 0 spiro atoms. The van der Waals surface area contributed by atoms with Gasteiger partial charge >= 0.3 is 6.03 Å². The number of rotatable bonds is 8. The quantitative estimate of drug-likeness (QED) is 0.683. The predicted octanol–water partition coefficient (Wildman–Crippen LogP) is 3.12. The third kappa shape index (κ3) is 5.79. The number of nitrogens with zero attached hydrogens (tertiary/aromatic N) is 1. The van der Waals surface area contributed by atoms with Crippen molar-refractivity contribution >= 4 is 17.4 Å². The number of nitrogens with one attached hydrogen (secondary N) is 2. The Hall–Kier alpha value is -2.93. The van der Waals surface area contributed by atoms with Crippen molar-refractivity contribution in [1.29, 1.82) is 0 Å². The molecule has 1 heterocycles. The number of para-hydroxylation sites is 2. The molecular weight excluding hydrogens is 358 g/mol. The van der Waals surface area contributed by atoms with E-state index in [4.69, 9.17) is 14.2 Å². The topological polar surface area (TPSA) is 72.1 Å². The molecule has 0 aromatic heterocycles. The Morgan fingerprint density at radius 3 is 2.43 bits per heavy atom. The van der Waals surface area contributed by atoms with Gasteiger partial charge in [0.05, 0.1) is 37.7 Å². The predicted molar refractivity (Wildman–Crippen MR) is 110 cm³/mol. The average molecular weight is 385 g/mol. The van der Waals surface area contributed by atoms with Gasteiger partial charge in [0.15, 0.2) is 0 Å². The average Bonchev–Trinajstić information content (AvgIpc) is 2.74. The molecule has 7 heteroatoms. The molecule has 28 heavy (non-hydrogen) atoms. The van der Waals surface area contributed by atoms with E-state index in [0.29, 0.717) is 33.0 Å². The highest BCUT2D eigenvalue weighted by Crippen LogP contribution is 2.26. The van der Waals surface area contributed by atoms with Crippen LogP contribution in [0.3, 0.4) is 0 Å². The molecule has 2 aromatic carbocycles. The van der Waals surface area contributed by atoms with Crippen LogP contribution in [0, 0.1) is 0 Å². The number of hydrogen-bond acceptors (Lipinski definition) is 5. The normalized spacial score (nSPS) is 13.7. The Morgan fingerprint density at radius 2 is 1.71 bits per heavy atom. The molecule has 0 radical (unpaired) electrons. The van der Waals surface area contributed by atoms with E-state index in [1.165, 1.54) is 0 Å². The van der Waals surface area contributed by atoms with Crippen molar-refractivity contribution in [3.05, 3.63) is 48.5 Å². The number of carbonyl (C=O) groups excluding carboxylic acids is 1. The zero-order valence-corrected chi connectivity index (χ0v) is 16.1. The maximum Gasteiger partial charge on any atom is 0.319 e. The number of ether oxygens (including phenoxy) is 3. The summed E-state index contributed by atoms with van der Waals surface area (Å²) in [5, 5.41) is 5.74. The van der Waals surface area contributed by atoms with Gasteiger partial charge in [-0.1, -0.05) is 12.1 Å². The molecule has 1 fully saturated rings. The van der Waals surface area contributed by atoms with Crippen molar-refractivity contribution in [3.8, 4) is 11.5 Å². The minimum Gasteiger partial charge on any atom is -0.494 e. The second-order valence-corrected chi connectivity index (χ2v) is 6.25. The first-order valence-corrected chi connectivity index (χ1v) is 9.58. The minimum atomic E-state index is -0.254. The Bertz CT molecular complexity index is 746. The van der Waals surface area contributed by atoms with Crippen LogP contribution in [-0.4, -0.2) is 52.1 Å². The van der Waals surface area contributed by atoms with Crippen LogP contribution in [0.15, 0.2) is 48.5 Å². The molecule has 150 valence electrons. The fourth-order valence-corrected chi connectivity index (χ4v) is 2.96. The summed E-state index contributed by atoms with van der Waals surface area (Å²) in [6.07, 6.45) is 0. The molecule has 1 aliphatic heterocycles. The lowest BCUT2D eigenvalue weighted by Gasteiger charge is -2.30. The summed E-state index contributed by atoms with van der Waals surface area (Å²) in [7, 11) is 0. The summed E-state index contributed by atoms with van der Waals surface area (Å²) in [6, 6.07) is 15.0. The monoisotopic (exact) mass is 385 g/mol.